The van der Waals surface area contributed by atoms with Crippen LogP contribution >= 0.6 is 0 Å². The normalized spacial score (nSPS) is 18.0. The van der Waals surface area contributed by atoms with Gasteiger partial charge < -0.3 is 30.7 Å². The van der Waals surface area contributed by atoms with Gasteiger partial charge in [0.15, 0.2) is 0 Å². The van der Waals surface area contributed by atoms with Crippen LogP contribution in [0, 0.1) is 5.41 Å². The second-order valence-corrected chi connectivity index (χ2v) is 11.5. The van der Waals surface area contributed by atoms with E-state index in [1.54, 1.807) is 12.0 Å². The summed E-state index contributed by atoms with van der Waals surface area (Å²) in [6.07, 6.45) is 0.783. The summed E-state index contributed by atoms with van der Waals surface area (Å²) in [6.45, 7) is 8.88. The fourth-order valence-electron chi connectivity index (χ4n) is 4.74. The number of amides is 3. The Balaban J connectivity index is 1.71. The highest BCUT2D eigenvalue weighted by Gasteiger charge is 2.39. The molecule has 9 heteroatoms. The van der Waals surface area contributed by atoms with Gasteiger partial charge >= 0.3 is 0 Å². The third kappa shape index (κ3) is 8.74. The molecular weight excluding hydrogens is 496 g/mol. The van der Waals surface area contributed by atoms with Crippen LogP contribution < -0.4 is 16.0 Å². The van der Waals surface area contributed by atoms with Gasteiger partial charge in [0, 0.05) is 45.1 Å². The van der Waals surface area contributed by atoms with Crippen molar-refractivity contribution in [3.05, 3.63) is 48.0 Å². The molecule has 214 valence electrons. The molecule has 2 aromatic rings. The minimum absolute atomic E-state index is 0.00801. The third-order valence-corrected chi connectivity index (χ3v) is 7.07. The predicted octanol–water partition coefficient (Wildman–Crippen LogP) is 2.01. The quantitative estimate of drug-likeness (QED) is 0.327. The number of hydrogen-bond donors (Lipinski definition) is 4. The van der Waals surface area contributed by atoms with Gasteiger partial charge in [0.05, 0.1) is 12.2 Å². The lowest BCUT2D eigenvalue weighted by Crippen LogP contribution is -2.55. The van der Waals surface area contributed by atoms with Crippen molar-refractivity contribution in [2.24, 2.45) is 5.41 Å². The highest BCUT2D eigenvalue weighted by atomic mass is 16.5. The van der Waals surface area contributed by atoms with E-state index >= 15 is 0 Å². The molecule has 0 saturated carbocycles. The Bertz CT molecular complexity index is 1130. The second kappa shape index (κ2) is 13.9. The van der Waals surface area contributed by atoms with Gasteiger partial charge in [0.2, 0.25) is 17.7 Å². The summed E-state index contributed by atoms with van der Waals surface area (Å²) < 4.78 is 5.19. The Hall–Kier alpha value is -3.01. The minimum Gasteiger partial charge on any atom is -0.390 e. The van der Waals surface area contributed by atoms with Gasteiger partial charge in [-0.1, -0.05) is 63.2 Å². The highest BCUT2D eigenvalue weighted by molar-refractivity contribution is 5.93. The molecule has 39 heavy (non-hydrogen) atoms. The van der Waals surface area contributed by atoms with Crippen LogP contribution in [0.2, 0.25) is 0 Å². The van der Waals surface area contributed by atoms with E-state index in [0.717, 1.165) is 22.8 Å². The number of hydrogen-bond acceptors (Lipinski definition) is 6. The number of aliphatic hydroxyl groups is 1. The summed E-state index contributed by atoms with van der Waals surface area (Å²) >= 11 is 0. The van der Waals surface area contributed by atoms with Crippen LogP contribution in [-0.4, -0.2) is 85.3 Å². The molecule has 0 spiro atoms. The summed E-state index contributed by atoms with van der Waals surface area (Å²) in [7, 11) is 1.62. The van der Waals surface area contributed by atoms with Crippen molar-refractivity contribution in [1.29, 1.82) is 0 Å². The first-order chi connectivity index (χ1) is 18.5. The number of methoxy groups -OCH3 is 1. The lowest BCUT2D eigenvalue weighted by atomic mass is 9.94. The van der Waals surface area contributed by atoms with Gasteiger partial charge in [-0.3, -0.25) is 14.4 Å². The first kappa shape index (κ1) is 30.5. The maximum Gasteiger partial charge on any atom is 0.243 e. The number of fused-ring (bicyclic) bond motifs is 1. The number of likely N-dealkylation sites (tertiary alicyclic amines) is 1. The van der Waals surface area contributed by atoms with E-state index in [1.807, 2.05) is 70.2 Å². The second-order valence-electron chi connectivity index (χ2n) is 11.5. The van der Waals surface area contributed by atoms with Crippen LogP contribution in [0.4, 0.5) is 0 Å². The van der Waals surface area contributed by atoms with Gasteiger partial charge in [-0.15, -0.1) is 0 Å². The van der Waals surface area contributed by atoms with Crippen LogP contribution in [0.15, 0.2) is 42.5 Å². The van der Waals surface area contributed by atoms with Crippen molar-refractivity contribution in [1.82, 2.24) is 20.9 Å². The Labute approximate surface area is 231 Å². The van der Waals surface area contributed by atoms with Crippen LogP contribution in [0.25, 0.3) is 10.8 Å². The number of ether oxygens (including phenoxy) is 1. The largest absolute Gasteiger partial charge is 0.390 e. The molecule has 0 aliphatic carbocycles. The first-order valence-electron chi connectivity index (χ1n) is 13.8. The number of benzene rings is 2. The Morgan fingerprint density at radius 1 is 1.08 bits per heavy atom. The average Bonchev–Trinajstić information content (AvgIpc) is 3.40. The SMILES string of the molecule is CO[C@H](C)CNCC(O)CNC(=O)[C@@H](Cc1ccc2ccccc2c1)NC(=O)C1CCCN1C(=O)C(C)(C)C. The van der Waals surface area contributed by atoms with Gasteiger partial charge in [-0.25, -0.2) is 0 Å². The van der Waals surface area contributed by atoms with Gasteiger partial charge in [0.25, 0.3) is 0 Å². The van der Waals surface area contributed by atoms with Gasteiger partial charge in [-0.05, 0) is 36.1 Å². The zero-order valence-electron chi connectivity index (χ0n) is 23.8. The van der Waals surface area contributed by atoms with E-state index in [4.69, 9.17) is 4.74 Å². The maximum absolute atomic E-state index is 13.4. The lowest BCUT2D eigenvalue weighted by Gasteiger charge is -2.31. The van der Waals surface area contributed by atoms with E-state index < -0.39 is 23.6 Å². The van der Waals surface area contributed by atoms with Crippen molar-refractivity contribution < 1.29 is 24.2 Å². The summed E-state index contributed by atoms with van der Waals surface area (Å²) in [4.78, 5) is 41.3. The molecule has 4 N–H and O–H groups in total. The number of aliphatic hydroxyl groups excluding tert-OH is 1. The average molecular weight is 541 g/mol. The van der Waals surface area contributed by atoms with E-state index in [2.05, 4.69) is 16.0 Å². The molecule has 0 aromatic heterocycles. The van der Waals surface area contributed by atoms with Crippen LogP contribution in [0.3, 0.4) is 0 Å². The summed E-state index contributed by atoms with van der Waals surface area (Å²) in [5.74, 6) is -0.789. The monoisotopic (exact) mass is 540 g/mol. The molecule has 1 fully saturated rings. The molecule has 0 radical (unpaired) electrons. The van der Waals surface area contributed by atoms with Crippen LogP contribution in [0.5, 0.6) is 0 Å². The Morgan fingerprint density at radius 3 is 2.49 bits per heavy atom. The Kier molecular flexibility index (Phi) is 10.9. The molecule has 1 heterocycles. The van der Waals surface area contributed by atoms with Crippen molar-refractivity contribution in [3.8, 4) is 0 Å². The summed E-state index contributed by atoms with van der Waals surface area (Å²) in [5, 5.41) is 21.3. The van der Waals surface area contributed by atoms with Crippen molar-refractivity contribution in [2.75, 3.05) is 33.3 Å². The number of nitrogens with one attached hydrogen (secondary N) is 3. The van der Waals surface area contributed by atoms with Crippen molar-refractivity contribution in [3.63, 3.8) is 0 Å². The molecule has 1 saturated heterocycles. The lowest BCUT2D eigenvalue weighted by molar-refractivity contribution is -0.145. The summed E-state index contributed by atoms with van der Waals surface area (Å²) in [5.41, 5.74) is 0.301. The number of nitrogens with zero attached hydrogens (tertiary/aromatic N) is 1. The summed E-state index contributed by atoms with van der Waals surface area (Å²) in [6, 6.07) is 12.5. The zero-order chi connectivity index (χ0) is 28.6. The molecular formula is C30H44N4O5. The van der Waals surface area contributed by atoms with Gasteiger partial charge in [-0.2, -0.15) is 0 Å². The van der Waals surface area contributed by atoms with Crippen molar-refractivity contribution >= 4 is 28.5 Å². The van der Waals surface area contributed by atoms with E-state index in [0.29, 0.717) is 26.1 Å². The van der Waals surface area contributed by atoms with E-state index in [1.165, 1.54) is 0 Å². The number of carbonyl (C=O) groups is 3. The number of carbonyl (C=O) groups excluding carboxylic acids is 3. The molecule has 0 bridgehead atoms. The highest BCUT2D eigenvalue weighted by Crippen LogP contribution is 2.26. The molecule has 1 aliphatic rings. The fraction of sp³-hybridized carbons (Fsp3) is 0.567. The third-order valence-electron chi connectivity index (χ3n) is 7.07. The molecule has 2 unspecified atom stereocenters. The fourth-order valence-corrected chi connectivity index (χ4v) is 4.74. The maximum atomic E-state index is 13.4. The van der Waals surface area contributed by atoms with Gasteiger partial charge in [0.1, 0.15) is 12.1 Å². The van der Waals surface area contributed by atoms with Crippen molar-refractivity contribution in [2.45, 2.75) is 71.2 Å². The molecule has 2 aromatic carbocycles. The predicted molar refractivity (Wildman–Crippen MR) is 152 cm³/mol. The standard InChI is InChI=1S/C30H44N4O5/c1-20(39-5)17-31-18-24(35)19-32-27(36)25(16-21-12-13-22-9-6-7-10-23(22)15-21)33-28(37)26-11-8-14-34(26)29(38)30(2,3)4/h6-7,9-10,12-13,15,20,24-26,31,35H,8,11,14,16-19H2,1-5H3,(H,32,36)(H,33,37)/t20-,24?,25-,26?/m1/s1. The van der Waals surface area contributed by atoms with E-state index in [-0.39, 0.29) is 36.8 Å². The Morgan fingerprint density at radius 2 is 1.79 bits per heavy atom. The number of rotatable bonds is 12. The first-order valence-corrected chi connectivity index (χ1v) is 13.8. The zero-order valence-corrected chi connectivity index (χ0v) is 23.8. The van der Waals surface area contributed by atoms with Crippen LogP contribution in [-0.2, 0) is 25.5 Å². The molecule has 3 amide bonds. The topological polar surface area (TPSA) is 120 Å². The van der Waals surface area contributed by atoms with E-state index in [9.17, 15) is 19.5 Å². The molecule has 4 atom stereocenters. The molecule has 1 aliphatic heterocycles. The smallest absolute Gasteiger partial charge is 0.243 e. The molecule has 3 rings (SSSR count). The minimum atomic E-state index is -0.862. The van der Waals surface area contributed by atoms with Crippen LogP contribution in [0.1, 0.15) is 46.1 Å². The molecule has 9 nitrogen and oxygen atoms in total.